The molecule has 0 aromatic heterocycles. The number of rotatable bonds is 17. The summed E-state index contributed by atoms with van der Waals surface area (Å²) in [5.74, 6) is -1.63. The molecule has 0 aliphatic rings. The molecule has 0 heterocycles. The molecule has 0 fully saturated rings. The number of carboxylic acid groups (broad SMARTS) is 1. The molecule has 1 atom stereocenters. The number of ether oxygens (including phenoxy) is 1. The number of hydrogen-bond donors (Lipinski definition) is 1. The van der Waals surface area contributed by atoms with Gasteiger partial charge in [-0.1, -0.05) is 96.6 Å². The van der Waals surface area contributed by atoms with Gasteiger partial charge in [0.1, 0.15) is 6.10 Å². The monoisotopic (exact) mass is 404 g/mol. The van der Waals surface area contributed by atoms with Gasteiger partial charge in [0.2, 0.25) is 0 Å². The molecule has 0 spiro atoms. The number of hydrogen-bond acceptors (Lipinski definition) is 3. The number of carbonyl (C=O) groups is 2. The zero-order chi connectivity index (χ0) is 21.3. The maximum atomic E-state index is 12.5. The van der Waals surface area contributed by atoms with Gasteiger partial charge >= 0.3 is 11.9 Å². The van der Waals surface area contributed by atoms with Crippen molar-refractivity contribution in [3.05, 3.63) is 35.4 Å². The summed E-state index contributed by atoms with van der Waals surface area (Å²) in [6.45, 7) is 4.33. The van der Waals surface area contributed by atoms with Gasteiger partial charge in [-0.2, -0.15) is 0 Å². The predicted molar refractivity (Wildman–Crippen MR) is 119 cm³/mol. The maximum Gasteiger partial charge on any atom is 0.339 e. The van der Waals surface area contributed by atoms with E-state index in [0.717, 1.165) is 25.7 Å². The van der Waals surface area contributed by atoms with E-state index < -0.39 is 11.9 Å². The van der Waals surface area contributed by atoms with Crippen LogP contribution in [0.1, 0.15) is 124 Å². The van der Waals surface area contributed by atoms with E-state index in [1.807, 2.05) is 0 Å². The van der Waals surface area contributed by atoms with E-state index in [1.54, 1.807) is 12.1 Å². The number of carboxylic acids is 1. The first-order valence-electron chi connectivity index (χ1n) is 11.6. The highest BCUT2D eigenvalue weighted by atomic mass is 16.5. The van der Waals surface area contributed by atoms with Crippen LogP contribution >= 0.6 is 0 Å². The van der Waals surface area contributed by atoms with Gasteiger partial charge in [0.05, 0.1) is 11.1 Å². The van der Waals surface area contributed by atoms with Crippen molar-refractivity contribution in [2.24, 2.45) is 0 Å². The molecular weight excluding hydrogens is 364 g/mol. The van der Waals surface area contributed by atoms with Crippen LogP contribution in [0.4, 0.5) is 0 Å². The molecule has 1 aromatic carbocycles. The van der Waals surface area contributed by atoms with Crippen LogP contribution in [0.25, 0.3) is 0 Å². The topological polar surface area (TPSA) is 63.6 Å². The zero-order valence-electron chi connectivity index (χ0n) is 18.5. The molecule has 29 heavy (non-hydrogen) atoms. The summed E-state index contributed by atoms with van der Waals surface area (Å²) in [4.78, 5) is 23.8. The fraction of sp³-hybridized carbons (Fsp3) is 0.680. The first-order valence-corrected chi connectivity index (χ1v) is 11.6. The minimum absolute atomic E-state index is 0.00226. The van der Waals surface area contributed by atoms with Gasteiger partial charge in [0.15, 0.2) is 0 Å². The third-order valence-corrected chi connectivity index (χ3v) is 5.39. The summed E-state index contributed by atoms with van der Waals surface area (Å²) in [5, 5.41) is 9.26. The van der Waals surface area contributed by atoms with E-state index in [9.17, 15) is 14.7 Å². The normalized spacial score (nSPS) is 11.9. The van der Waals surface area contributed by atoms with Crippen molar-refractivity contribution in [2.75, 3.05) is 0 Å². The zero-order valence-corrected chi connectivity index (χ0v) is 18.5. The highest BCUT2D eigenvalue weighted by Crippen LogP contribution is 2.18. The Balaban J connectivity index is 2.27. The SMILES string of the molecule is CCCCCCCCCCCCCC(CCC)OC(=O)c1ccccc1C(=O)O. The van der Waals surface area contributed by atoms with E-state index >= 15 is 0 Å². The number of unbranched alkanes of at least 4 members (excludes halogenated alkanes) is 10. The van der Waals surface area contributed by atoms with Gasteiger partial charge in [-0.25, -0.2) is 9.59 Å². The minimum Gasteiger partial charge on any atom is -0.478 e. The number of aromatic carboxylic acids is 1. The van der Waals surface area contributed by atoms with Crippen LogP contribution in [0.3, 0.4) is 0 Å². The van der Waals surface area contributed by atoms with E-state index in [1.165, 1.54) is 76.3 Å². The third-order valence-electron chi connectivity index (χ3n) is 5.39. The largest absolute Gasteiger partial charge is 0.478 e. The number of esters is 1. The Morgan fingerprint density at radius 3 is 1.79 bits per heavy atom. The van der Waals surface area contributed by atoms with Crippen LogP contribution in [0, 0.1) is 0 Å². The lowest BCUT2D eigenvalue weighted by molar-refractivity contribution is 0.0248. The summed E-state index contributed by atoms with van der Waals surface area (Å²) >= 11 is 0. The summed E-state index contributed by atoms with van der Waals surface area (Å²) in [7, 11) is 0. The molecule has 0 bridgehead atoms. The van der Waals surface area contributed by atoms with Crippen LogP contribution < -0.4 is 0 Å². The van der Waals surface area contributed by atoms with Crippen LogP contribution in [-0.4, -0.2) is 23.1 Å². The molecule has 1 aromatic rings. The lowest BCUT2D eigenvalue weighted by atomic mass is 10.0. The van der Waals surface area contributed by atoms with E-state index in [4.69, 9.17) is 4.74 Å². The van der Waals surface area contributed by atoms with Crippen molar-refractivity contribution in [1.29, 1.82) is 0 Å². The van der Waals surface area contributed by atoms with Gasteiger partial charge in [0.25, 0.3) is 0 Å². The summed E-state index contributed by atoms with van der Waals surface area (Å²) in [5.41, 5.74) is 0.141. The molecular formula is C25H40O4. The van der Waals surface area contributed by atoms with Gasteiger partial charge in [-0.15, -0.1) is 0 Å². The van der Waals surface area contributed by atoms with E-state index in [0.29, 0.717) is 0 Å². The first kappa shape index (κ1) is 25.2. The molecule has 0 saturated heterocycles. The van der Waals surface area contributed by atoms with Crippen molar-refractivity contribution in [3.8, 4) is 0 Å². The van der Waals surface area contributed by atoms with Gasteiger partial charge in [-0.3, -0.25) is 0 Å². The van der Waals surface area contributed by atoms with Crippen LogP contribution in [0.2, 0.25) is 0 Å². The molecule has 0 aliphatic carbocycles. The lowest BCUT2D eigenvalue weighted by Gasteiger charge is -2.18. The van der Waals surface area contributed by atoms with Crippen molar-refractivity contribution in [1.82, 2.24) is 0 Å². The van der Waals surface area contributed by atoms with Crippen molar-refractivity contribution in [3.63, 3.8) is 0 Å². The second kappa shape index (κ2) is 16.0. The summed E-state index contributed by atoms with van der Waals surface area (Å²) < 4.78 is 5.66. The molecule has 1 N–H and O–H groups in total. The molecule has 4 nitrogen and oxygen atoms in total. The van der Waals surface area contributed by atoms with Gasteiger partial charge in [0, 0.05) is 0 Å². The Kier molecular flexibility index (Phi) is 13.9. The molecule has 0 aliphatic heterocycles. The molecule has 0 radical (unpaired) electrons. The Bertz CT molecular complexity index is 582. The number of carbonyl (C=O) groups excluding carboxylic acids is 1. The smallest absolute Gasteiger partial charge is 0.339 e. The van der Waals surface area contributed by atoms with Crippen molar-refractivity contribution in [2.45, 2.75) is 110 Å². The molecule has 0 amide bonds. The number of benzene rings is 1. The second-order valence-electron chi connectivity index (χ2n) is 7.99. The Labute approximate surface area is 177 Å². The molecule has 164 valence electrons. The quantitative estimate of drug-likeness (QED) is 0.217. The molecule has 4 heteroatoms. The highest BCUT2D eigenvalue weighted by molar-refractivity contribution is 6.02. The van der Waals surface area contributed by atoms with E-state index in [2.05, 4.69) is 13.8 Å². The molecule has 1 rings (SSSR count). The third kappa shape index (κ3) is 11.1. The molecule has 1 unspecified atom stereocenters. The van der Waals surface area contributed by atoms with Gasteiger partial charge in [-0.05, 0) is 31.4 Å². The fourth-order valence-electron chi connectivity index (χ4n) is 3.68. The van der Waals surface area contributed by atoms with Crippen LogP contribution in [0.15, 0.2) is 24.3 Å². The minimum atomic E-state index is -1.10. The predicted octanol–water partition coefficient (Wildman–Crippen LogP) is 7.41. The maximum absolute atomic E-state index is 12.5. The standard InChI is InChI=1S/C25H40O4/c1-3-5-6-7-8-9-10-11-12-13-14-18-21(17-4-2)29-25(28)23-20-16-15-19-22(23)24(26)27/h15-16,19-21H,3-14,17-18H2,1-2H3,(H,26,27). The average molecular weight is 405 g/mol. The van der Waals surface area contributed by atoms with Gasteiger partial charge < -0.3 is 9.84 Å². The summed E-state index contributed by atoms with van der Waals surface area (Å²) in [6.07, 6.45) is 16.7. The second-order valence-corrected chi connectivity index (χ2v) is 7.99. The Morgan fingerprint density at radius 1 is 0.759 bits per heavy atom. The van der Waals surface area contributed by atoms with Crippen LogP contribution in [0.5, 0.6) is 0 Å². The molecule has 0 saturated carbocycles. The Hall–Kier alpha value is -1.84. The Morgan fingerprint density at radius 2 is 1.28 bits per heavy atom. The van der Waals surface area contributed by atoms with Crippen molar-refractivity contribution >= 4 is 11.9 Å². The van der Waals surface area contributed by atoms with Crippen LogP contribution in [-0.2, 0) is 4.74 Å². The lowest BCUT2D eigenvalue weighted by Crippen LogP contribution is -2.20. The average Bonchev–Trinajstić information content (AvgIpc) is 2.72. The first-order chi connectivity index (χ1) is 14.1. The summed E-state index contributed by atoms with van der Waals surface area (Å²) in [6, 6.07) is 6.26. The fourth-order valence-corrected chi connectivity index (χ4v) is 3.68. The van der Waals surface area contributed by atoms with E-state index in [-0.39, 0.29) is 17.2 Å². The van der Waals surface area contributed by atoms with Crippen molar-refractivity contribution < 1.29 is 19.4 Å². The highest BCUT2D eigenvalue weighted by Gasteiger charge is 2.20.